The van der Waals surface area contributed by atoms with Gasteiger partial charge in [0.05, 0.1) is 34.8 Å². The maximum absolute atomic E-state index is 14.6. The van der Waals surface area contributed by atoms with Gasteiger partial charge in [-0.25, -0.2) is 8.42 Å². The van der Waals surface area contributed by atoms with Crippen LogP contribution in [-0.4, -0.2) is 58.5 Å². The second-order valence-corrected chi connectivity index (χ2v) is 12.9. The van der Waals surface area contributed by atoms with Crippen LogP contribution in [0.1, 0.15) is 18.1 Å². The maximum atomic E-state index is 14.6. The van der Waals surface area contributed by atoms with Crippen molar-refractivity contribution in [2.45, 2.75) is 30.8 Å². The van der Waals surface area contributed by atoms with Gasteiger partial charge in [0.1, 0.15) is 24.1 Å². The van der Waals surface area contributed by atoms with Crippen LogP contribution >= 0.6 is 23.2 Å². The highest BCUT2D eigenvalue weighted by Gasteiger charge is 2.35. The number of methoxy groups -OCH3 is 2. The van der Waals surface area contributed by atoms with E-state index in [9.17, 15) is 18.0 Å². The number of rotatable bonds is 14. The molecule has 9 nitrogen and oxygen atoms in total. The number of sulfonamides is 1. The second kappa shape index (κ2) is 15.8. The molecule has 12 heteroatoms. The summed E-state index contributed by atoms with van der Waals surface area (Å²) in [6.45, 7) is 1.39. The minimum Gasteiger partial charge on any atom is -0.497 e. The number of hydrogen-bond donors (Lipinski definition) is 1. The lowest BCUT2D eigenvalue weighted by molar-refractivity contribution is -0.140. The van der Waals surface area contributed by atoms with Gasteiger partial charge in [0.15, 0.2) is 0 Å². The van der Waals surface area contributed by atoms with E-state index >= 15 is 0 Å². The van der Waals surface area contributed by atoms with Crippen LogP contribution < -0.4 is 19.1 Å². The number of benzene rings is 4. The predicted molar refractivity (Wildman–Crippen MR) is 180 cm³/mol. The smallest absolute Gasteiger partial charge is 0.264 e. The first-order valence-electron chi connectivity index (χ1n) is 14.4. The Balaban J connectivity index is 1.86. The maximum Gasteiger partial charge on any atom is 0.264 e. The van der Waals surface area contributed by atoms with Crippen molar-refractivity contribution in [3.63, 3.8) is 0 Å². The Hall–Kier alpha value is -4.25. The van der Waals surface area contributed by atoms with Crippen LogP contribution in [0.3, 0.4) is 0 Å². The van der Waals surface area contributed by atoms with Crippen molar-refractivity contribution >= 4 is 50.7 Å². The van der Waals surface area contributed by atoms with Gasteiger partial charge >= 0.3 is 0 Å². The van der Waals surface area contributed by atoms with Crippen LogP contribution in [0.25, 0.3) is 0 Å². The monoisotopic (exact) mass is 683 g/mol. The number of carbonyl (C=O) groups is 2. The van der Waals surface area contributed by atoms with Gasteiger partial charge in [-0.1, -0.05) is 77.8 Å². The van der Waals surface area contributed by atoms with Crippen molar-refractivity contribution in [3.05, 3.63) is 118 Å². The molecule has 0 saturated heterocycles. The van der Waals surface area contributed by atoms with Crippen LogP contribution in [0, 0.1) is 0 Å². The number of amides is 2. The topological polar surface area (TPSA) is 105 Å². The Morgan fingerprint density at radius 1 is 0.826 bits per heavy atom. The lowest BCUT2D eigenvalue weighted by Gasteiger charge is -2.34. The first-order chi connectivity index (χ1) is 22.1. The number of likely N-dealkylation sites (N-methyl/N-ethyl adjacent to an activating group) is 1. The average molecular weight is 685 g/mol. The molecule has 0 aromatic heterocycles. The molecule has 0 aliphatic carbocycles. The molecule has 0 spiro atoms. The molecule has 1 N–H and O–H groups in total. The number of carbonyl (C=O) groups excluding carboxylic acids is 2. The molecular weight excluding hydrogens is 649 g/mol. The summed E-state index contributed by atoms with van der Waals surface area (Å²) in [4.78, 5) is 29.5. The molecule has 0 unspecified atom stereocenters. The van der Waals surface area contributed by atoms with E-state index in [4.69, 9.17) is 32.7 Å². The van der Waals surface area contributed by atoms with E-state index in [0.717, 1.165) is 9.87 Å². The number of anilines is 1. The summed E-state index contributed by atoms with van der Waals surface area (Å²) in [5, 5.41) is 3.44. The number of nitrogens with zero attached hydrogens (tertiary/aromatic N) is 2. The van der Waals surface area contributed by atoms with Crippen molar-refractivity contribution in [2.75, 3.05) is 31.6 Å². The average Bonchev–Trinajstić information content (AvgIpc) is 3.07. The molecule has 0 saturated carbocycles. The Bertz CT molecular complexity index is 1760. The summed E-state index contributed by atoms with van der Waals surface area (Å²) in [6.07, 6.45) is 0.174. The molecule has 4 aromatic carbocycles. The van der Waals surface area contributed by atoms with Crippen LogP contribution in [0.5, 0.6) is 11.5 Å². The fourth-order valence-corrected chi connectivity index (χ4v) is 6.66. The zero-order chi connectivity index (χ0) is 33.3. The van der Waals surface area contributed by atoms with Gasteiger partial charge in [0, 0.05) is 25.6 Å². The lowest BCUT2D eigenvalue weighted by atomic mass is 10.0. The van der Waals surface area contributed by atoms with Gasteiger partial charge in [-0.2, -0.15) is 0 Å². The SMILES string of the molecule is CCNC(=O)[C@@H](Cc1ccccc1)N(Cc1ccc(Cl)c(Cl)c1)C(=O)CN(c1cc(OC)ccc1OC)S(=O)(=O)c1ccccc1. The molecule has 242 valence electrons. The molecule has 2 amide bonds. The normalized spacial score (nSPS) is 11.8. The van der Waals surface area contributed by atoms with Crippen molar-refractivity contribution in [2.24, 2.45) is 0 Å². The third-order valence-electron chi connectivity index (χ3n) is 7.22. The molecule has 0 fully saturated rings. The molecule has 4 aromatic rings. The van der Waals surface area contributed by atoms with E-state index in [1.807, 2.05) is 30.3 Å². The minimum absolute atomic E-state index is 0.0340. The summed E-state index contributed by atoms with van der Waals surface area (Å²) in [7, 11) is -1.47. The van der Waals surface area contributed by atoms with Gasteiger partial charge in [-0.3, -0.25) is 13.9 Å². The third kappa shape index (κ3) is 8.31. The second-order valence-electron chi connectivity index (χ2n) is 10.2. The molecule has 0 radical (unpaired) electrons. The number of halogens is 2. The molecule has 0 bridgehead atoms. The van der Waals surface area contributed by atoms with Crippen molar-refractivity contribution in [3.8, 4) is 11.5 Å². The first kappa shape index (κ1) is 34.6. The van der Waals surface area contributed by atoms with E-state index in [0.29, 0.717) is 22.9 Å². The fourth-order valence-electron chi connectivity index (χ4n) is 4.91. The Labute approximate surface area is 279 Å². The summed E-state index contributed by atoms with van der Waals surface area (Å²) >= 11 is 12.5. The van der Waals surface area contributed by atoms with Crippen LogP contribution in [0.15, 0.2) is 102 Å². The Kier molecular flexibility index (Phi) is 11.9. The minimum atomic E-state index is -4.33. The third-order valence-corrected chi connectivity index (χ3v) is 9.74. The molecular formula is C34H35Cl2N3O6S. The predicted octanol–water partition coefficient (Wildman–Crippen LogP) is 5.98. The van der Waals surface area contributed by atoms with Gasteiger partial charge in [-0.15, -0.1) is 0 Å². The quantitative estimate of drug-likeness (QED) is 0.175. The summed E-state index contributed by atoms with van der Waals surface area (Å²) < 4.78 is 40.4. The zero-order valence-corrected chi connectivity index (χ0v) is 28.0. The molecule has 1 atom stereocenters. The summed E-state index contributed by atoms with van der Waals surface area (Å²) in [5.74, 6) is -0.471. The molecule has 0 aliphatic rings. The van der Waals surface area contributed by atoms with E-state index in [1.54, 1.807) is 55.5 Å². The van der Waals surface area contributed by atoms with Gasteiger partial charge in [0.2, 0.25) is 11.8 Å². The number of ether oxygens (including phenoxy) is 2. The van der Waals surface area contributed by atoms with Crippen molar-refractivity contribution in [1.29, 1.82) is 0 Å². The standard InChI is InChI=1S/C34H35Cl2N3O6S/c1-4-37-34(41)31(20-24-11-7-5-8-12-24)38(22-25-15-17-28(35)29(36)19-25)33(40)23-39(46(42,43)27-13-9-6-10-14-27)30-21-26(44-2)16-18-32(30)45-3/h5-19,21,31H,4,20,22-23H2,1-3H3,(H,37,41)/t31-/m1/s1. The molecule has 4 rings (SSSR count). The van der Waals surface area contributed by atoms with Crippen LogP contribution in [-0.2, 0) is 32.6 Å². The molecule has 0 heterocycles. The van der Waals surface area contributed by atoms with Crippen LogP contribution in [0.4, 0.5) is 5.69 Å². The van der Waals surface area contributed by atoms with Gasteiger partial charge in [0.25, 0.3) is 10.0 Å². The Morgan fingerprint density at radius 2 is 1.50 bits per heavy atom. The van der Waals surface area contributed by atoms with E-state index in [-0.39, 0.29) is 34.3 Å². The van der Waals surface area contributed by atoms with Crippen LogP contribution in [0.2, 0.25) is 10.0 Å². The van der Waals surface area contributed by atoms with Gasteiger partial charge in [-0.05, 0) is 54.4 Å². The van der Waals surface area contributed by atoms with Crippen molar-refractivity contribution in [1.82, 2.24) is 10.2 Å². The highest BCUT2D eigenvalue weighted by atomic mass is 35.5. The first-order valence-corrected chi connectivity index (χ1v) is 16.6. The summed E-state index contributed by atoms with van der Waals surface area (Å²) in [5.41, 5.74) is 1.50. The van der Waals surface area contributed by atoms with Gasteiger partial charge < -0.3 is 19.7 Å². The summed E-state index contributed by atoms with van der Waals surface area (Å²) in [6, 6.07) is 25.6. The fraction of sp³-hybridized carbons (Fsp3) is 0.235. The largest absolute Gasteiger partial charge is 0.497 e. The Morgan fingerprint density at radius 3 is 2.11 bits per heavy atom. The number of hydrogen-bond acceptors (Lipinski definition) is 6. The van der Waals surface area contributed by atoms with Crippen molar-refractivity contribution < 1.29 is 27.5 Å². The van der Waals surface area contributed by atoms with E-state index in [1.165, 1.54) is 37.3 Å². The zero-order valence-electron chi connectivity index (χ0n) is 25.7. The molecule has 0 aliphatic heterocycles. The van der Waals surface area contributed by atoms with E-state index in [2.05, 4.69) is 5.32 Å². The molecule has 46 heavy (non-hydrogen) atoms. The highest BCUT2D eigenvalue weighted by molar-refractivity contribution is 7.92. The highest BCUT2D eigenvalue weighted by Crippen LogP contribution is 2.36. The lowest BCUT2D eigenvalue weighted by Crippen LogP contribution is -2.53. The van der Waals surface area contributed by atoms with E-state index < -0.39 is 34.4 Å². The number of nitrogens with one attached hydrogen (secondary N) is 1.